The van der Waals surface area contributed by atoms with Crippen LogP contribution in [0.4, 0.5) is 0 Å². The van der Waals surface area contributed by atoms with Gasteiger partial charge in [-0.05, 0) is 61.0 Å². The number of fused-ring (bicyclic) bond motifs is 3. The first-order valence-corrected chi connectivity index (χ1v) is 16.9. The van der Waals surface area contributed by atoms with Gasteiger partial charge in [-0.2, -0.15) is 0 Å². The van der Waals surface area contributed by atoms with Crippen molar-refractivity contribution in [2.75, 3.05) is 0 Å². The summed E-state index contributed by atoms with van der Waals surface area (Å²) in [4.78, 5) is 15.1. The van der Waals surface area contributed by atoms with E-state index in [1.54, 1.807) is 0 Å². The zero-order valence-corrected chi connectivity index (χ0v) is 27.2. The zero-order valence-electron chi connectivity index (χ0n) is 27.2. The molecule has 9 rings (SSSR count). The molecule has 50 heavy (non-hydrogen) atoms. The largest absolute Gasteiger partial charge is 0.208 e. The van der Waals surface area contributed by atoms with Gasteiger partial charge in [0.1, 0.15) is 0 Å². The summed E-state index contributed by atoms with van der Waals surface area (Å²) in [6, 6.07) is 65.8. The number of aromatic nitrogens is 3. The third-order valence-electron chi connectivity index (χ3n) is 9.36. The van der Waals surface area contributed by atoms with Crippen LogP contribution >= 0.6 is 0 Å². The Labute approximate surface area is 291 Å². The molecule has 0 aliphatic rings. The minimum Gasteiger partial charge on any atom is -0.208 e. The number of benzene rings is 8. The van der Waals surface area contributed by atoms with Crippen molar-refractivity contribution in [1.29, 1.82) is 0 Å². The monoisotopic (exact) mass is 637 g/mol. The Hall–Kier alpha value is -6.71. The molecule has 3 nitrogen and oxygen atoms in total. The van der Waals surface area contributed by atoms with Gasteiger partial charge in [0.2, 0.25) is 0 Å². The Balaban J connectivity index is 1.13. The van der Waals surface area contributed by atoms with E-state index in [0.717, 1.165) is 33.4 Å². The quantitative estimate of drug-likeness (QED) is 0.170. The molecule has 0 bridgehead atoms. The Kier molecular flexibility index (Phi) is 7.49. The lowest BCUT2D eigenvalue weighted by molar-refractivity contribution is 1.07. The molecule has 0 saturated heterocycles. The SMILES string of the molecule is c1ccc(-c2ccc(-c3nc(-c4ccc(-c5ccccc5)cc4)nc(-c4ccc(-c5cc6ccccc6c6ccccc56)cc4)n3)cc2)cc1. The lowest BCUT2D eigenvalue weighted by Crippen LogP contribution is -2.00. The number of nitrogens with zero attached hydrogens (tertiary/aromatic N) is 3. The van der Waals surface area contributed by atoms with Gasteiger partial charge < -0.3 is 0 Å². The average Bonchev–Trinajstić information content (AvgIpc) is 3.21. The highest BCUT2D eigenvalue weighted by Crippen LogP contribution is 2.36. The molecule has 1 aromatic heterocycles. The van der Waals surface area contributed by atoms with Crippen molar-refractivity contribution < 1.29 is 0 Å². The van der Waals surface area contributed by atoms with Gasteiger partial charge in [-0.15, -0.1) is 0 Å². The molecule has 0 unspecified atom stereocenters. The molecule has 3 heteroatoms. The summed E-state index contributed by atoms with van der Waals surface area (Å²) in [6.45, 7) is 0. The highest BCUT2D eigenvalue weighted by molar-refractivity contribution is 6.13. The highest BCUT2D eigenvalue weighted by Gasteiger charge is 2.14. The smallest absolute Gasteiger partial charge is 0.164 e. The molecule has 0 radical (unpaired) electrons. The molecule has 0 N–H and O–H groups in total. The van der Waals surface area contributed by atoms with Crippen molar-refractivity contribution in [3.8, 4) is 67.5 Å². The fourth-order valence-electron chi connectivity index (χ4n) is 6.74. The number of rotatable bonds is 6. The van der Waals surface area contributed by atoms with Crippen molar-refractivity contribution in [2.45, 2.75) is 0 Å². The van der Waals surface area contributed by atoms with Crippen molar-refractivity contribution in [3.05, 3.63) is 188 Å². The normalized spacial score (nSPS) is 11.2. The minimum absolute atomic E-state index is 0.638. The van der Waals surface area contributed by atoms with Crippen molar-refractivity contribution in [3.63, 3.8) is 0 Å². The van der Waals surface area contributed by atoms with E-state index in [1.807, 2.05) is 12.1 Å². The van der Waals surface area contributed by atoms with Crippen molar-refractivity contribution in [1.82, 2.24) is 15.0 Å². The first kappa shape index (κ1) is 29.4. The summed E-state index contributed by atoms with van der Waals surface area (Å²) < 4.78 is 0. The third-order valence-corrected chi connectivity index (χ3v) is 9.36. The van der Waals surface area contributed by atoms with E-state index < -0.39 is 0 Å². The van der Waals surface area contributed by atoms with Gasteiger partial charge in [-0.1, -0.05) is 182 Å². The summed E-state index contributed by atoms with van der Waals surface area (Å²) in [6.07, 6.45) is 0. The average molecular weight is 638 g/mol. The van der Waals surface area contributed by atoms with E-state index in [2.05, 4.69) is 176 Å². The Morgan fingerprint density at radius 3 is 1.06 bits per heavy atom. The van der Waals surface area contributed by atoms with Crippen LogP contribution in [0.15, 0.2) is 188 Å². The molecule has 0 atom stereocenters. The van der Waals surface area contributed by atoms with E-state index in [0.29, 0.717) is 17.5 Å². The predicted molar refractivity (Wildman–Crippen MR) is 207 cm³/mol. The topological polar surface area (TPSA) is 38.7 Å². The fraction of sp³-hybridized carbons (Fsp3) is 0. The van der Waals surface area contributed by atoms with Gasteiger partial charge in [-0.25, -0.2) is 15.0 Å². The molecule has 0 fully saturated rings. The molecule has 0 aliphatic carbocycles. The maximum absolute atomic E-state index is 5.04. The van der Waals surface area contributed by atoms with Crippen LogP contribution in [0.2, 0.25) is 0 Å². The molecule has 9 aromatic rings. The molecular formula is C47H31N3. The van der Waals surface area contributed by atoms with Gasteiger partial charge in [-0.3, -0.25) is 0 Å². The van der Waals surface area contributed by atoms with E-state index in [1.165, 1.54) is 38.2 Å². The molecule has 0 amide bonds. The molecule has 0 spiro atoms. The molecule has 0 aliphatic heterocycles. The van der Waals surface area contributed by atoms with Gasteiger partial charge in [0.05, 0.1) is 0 Å². The number of hydrogen-bond donors (Lipinski definition) is 0. The summed E-state index contributed by atoms with van der Waals surface area (Å²) >= 11 is 0. The first-order chi connectivity index (χ1) is 24.8. The van der Waals surface area contributed by atoms with Crippen LogP contribution in [0, 0.1) is 0 Å². The van der Waals surface area contributed by atoms with E-state index in [9.17, 15) is 0 Å². The lowest BCUT2D eigenvalue weighted by Gasteiger charge is -2.12. The second-order valence-corrected chi connectivity index (χ2v) is 12.5. The van der Waals surface area contributed by atoms with Crippen LogP contribution in [-0.4, -0.2) is 15.0 Å². The fourth-order valence-corrected chi connectivity index (χ4v) is 6.74. The van der Waals surface area contributed by atoms with Crippen LogP contribution in [0.5, 0.6) is 0 Å². The molecule has 234 valence electrons. The van der Waals surface area contributed by atoms with Crippen LogP contribution < -0.4 is 0 Å². The molecular weight excluding hydrogens is 607 g/mol. The summed E-state index contributed by atoms with van der Waals surface area (Å²) in [5.74, 6) is 1.92. The first-order valence-electron chi connectivity index (χ1n) is 16.9. The molecule has 8 aromatic carbocycles. The minimum atomic E-state index is 0.638. The van der Waals surface area contributed by atoms with Gasteiger partial charge in [0, 0.05) is 16.7 Å². The van der Waals surface area contributed by atoms with Crippen LogP contribution in [-0.2, 0) is 0 Å². The maximum atomic E-state index is 5.04. The van der Waals surface area contributed by atoms with Crippen LogP contribution in [0.1, 0.15) is 0 Å². The summed E-state index contributed by atoms with van der Waals surface area (Å²) in [5.41, 5.74) is 9.82. The number of hydrogen-bond acceptors (Lipinski definition) is 3. The van der Waals surface area contributed by atoms with E-state index in [-0.39, 0.29) is 0 Å². The third kappa shape index (κ3) is 5.61. The van der Waals surface area contributed by atoms with E-state index in [4.69, 9.17) is 15.0 Å². The summed E-state index contributed by atoms with van der Waals surface area (Å²) in [5, 5.41) is 4.99. The second-order valence-electron chi connectivity index (χ2n) is 12.5. The van der Waals surface area contributed by atoms with Gasteiger partial charge >= 0.3 is 0 Å². The van der Waals surface area contributed by atoms with Crippen LogP contribution in [0.25, 0.3) is 89.1 Å². The molecule has 1 heterocycles. The Morgan fingerprint density at radius 1 is 0.240 bits per heavy atom. The highest BCUT2D eigenvalue weighted by atomic mass is 15.0. The molecule has 0 saturated carbocycles. The maximum Gasteiger partial charge on any atom is 0.164 e. The summed E-state index contributed by atoms with van der Waals surface area (Å²) in [7, 11) is 0. The van der Waals surface area contributed by atoms with Gasteiger partial charge in [0.15, 0.2) is 17.5 Å². The van der Waals surface area contributed by atoms with Crippen LogP contribution in [0.3, 0.4) is 0 Å². The standard InChI is InChI=1S/C47H31N3/c1-3-11-32(12-4-1)34-19-25-37(26-20-34)45-48-46(38-27-21-35(22-28-38)33-13-5-2-6-14-33)50-47(49-45)39-29-23-36(24-30-39)44-31-40-15-7-8-16-41(40)42-17-9-10-18-43(42)44/h1-31H. The van der Waals surface area contributed by atoms with Gasteiger partial charge in [0.25, 0.3) is 0 Å². The Morgan fingerprint density at radius 2 is 0.580 bits per heavy atom. The zero-order chi connectivity index (χ0) is 33.3. The van der Waals surface area contributed by atoms with Crippen molar-refractivity contribution >= 4 is 21.5 Å². The van der Waals surface area contributed by atoms with Crippen molar-refractivity contribution in [2.24, 2.45) is 0 Å². The Bertz CT molecular complexity index is 2490. The second kappa shape index (κ2) is 12.7. The predicted octanol–water partition coefficient (Wildman–Crippen LogP) is 12.2. The lowest BCUT2D eigenvalue weighted by atomic mass is 9.93. The van der Waals surface area contributed by atoms with E-state index >= 15 is 0 Å².